The lowest BCUT2D eigenvalue weighted by Gasteiger charge is -2.48. The topological polar surface area (TPSA) is 90.9 Å². The van der Waals surface area contributed by atoms with E-state index >= 15 is 0 Å². The molecule has 0 N–H and O–H groups in total. The van der Waals surface area contributed by atoms with Gasteiger partial charge in [-0.15, -0.1) is 0 Å². The van der Waals surface area contributed by atoms with Gasteiger partial charge in [-0.3, -0.25) is 9.69 Å². The number of benzene rings is 1. The summed E-state index contributed by atoms with van der Waals surface area (Å²) in [5.41, 5.74) is 3.12. The second-order valence-electron chi connectivity index (χ2n) is 9.21. The van der Waals surface area contributed by atoms with E-state index in [1.54, 1.807) is 60.4 Å². The summed E-state index contributed by atoms with van der Waals surface area (Å²) >= 11 is 0. The highest BCUT2D eigenvalue weighted by atomic mass is 19.1. The lowest BCUT2D eigenvalue weighted by molar-refractivity contribution is 0.125. The summed E-state index contributed by atoms with van der Waals surface area (Å²) in [6.45, 7) is 5.49. The SMILES string of the molecule is C[C@H]1CN(C(c2ccc(F)cc2)c2ncccn2)[C@@H](C)CN1c1cc(=O)n(C)c2ccc(C#N)nc12. The second kappa shape index (κ2) is 9.47. The van der Waals surface area contributed by atoms with Crippen LogP contribution in [0.5, 0.6) is 0 Å². The van der Waals surface area contributed by atoms with E-state index in [0.29, 0.717) is 35.6 Å². The van der Waals surface area contributed by atoms with Gasteiger partial charge in [0.2, 0.25) is 0 Å². The molecule has 3 aromatic heterocycles. The lowest BCUT2D eigenvalue weighted by atomic mass is 9.98. The maximum absolute atomic E-state index is 13.7. The number of nitrogens with zero attached hydrogens (tertiary/aromatic N) is 7. The molecule has 0 radical (unpaired) electrons. The molecule has 1 fully saturated rings. The molecule has 1 aliphatic rings. The lowest BCUT2D eigenvalue weighted by Crippen LogP contribution is -2.58. The Labute approximate surface area is 208 Å². The monoisotopic (exact) mass is 483 g/mol. The smallest absolute Gasteiger partial charge is 0.252 e. The van der Waals surface area contributed by atoms with Crippen LogP contribution in [0, 0.1) is 17.1 Å². The Bertz CT molecular complexity index is 1500. The highest BCUT2D eigenvalue weighted by molar-refractivity contribution is 5.89. The van der Waals surface area contributed by atoms with E-state index in [4.69, 9.17) is 0 Å². The normalized spacial score (nSPS) is 19.2. The molecular weight excluding hydrogens is 457 g/mol. The minimum Gasteiger partial charge on any atom is -0.364 e. The summed E-state index contributed by atoms with van der Waals surface area (Å²) < 4.78 is 15.3. The average molecular weight is 484 g/mol. The van der Waals surface area contributed by atoms with Crippen LogP contribution in [-0.2, 0) is 7.05 Å². The number of piperazine rings is 1. The third-order valence-electron chi connectivity index (χ3n) is 6.87. The van der Waals surface area contributed by atoms with Crippen LogP contribution in [0.3, 0.4) is 0 Å². The van der Waals surface area contributed by atoms with E-state index in [1.165, 1.54) is 12.1 Å². The number of rotatable bonds is 4. The first-order valence-corrected chi connectivity index (χ1v) is 11.8. The van der Waals surface area contributed by atoms with Crippen LogP contribution in [0.15, 0.2) is 65.7 Å². The molecule has 1 saturated heterocycles. The summed E-state index contributed by atoms with van der Waals surface area (Å²) in [6.07, 6.45) is 3.43. The predicted molar refractivity (Wildman–Crippen MR) is 135 cm³/mol. The van der Waals surface area contributed by atoms with Crippen molar-refractivity contribution in [3.8, 4) is 6.07 Å². The number of hydrogen-bond donors (Lipinski definition) is 0. The molecular formula is C27H26FN7O. The molecule has 4 heterocycles. The van der Waals surface area contributed by atoms with Gasteiger partial charge in [-0.1, -0.05) is 12.1 Å². The molecule has 0 aliphatic carbocycles. The third-order valence-corrected chi connectivity index (χ3v) is 6.87. The Morgan fingerprint density at radius 1 is 1.06 bits per heavy atom. The fourth-order valence-corrected chi connectivity index (χ4v) is 5.03. The van der Waals surface area contributed by atoms with E-state index in [2.05, 4.69) is 44.7 Å². The molecule has 1 unspecified atom stereocenters. The van der Waals surface area contributed by atoms with Gasteiger partial charge in [0.25, 0.3) is 5.56 Å². The molecule has 0 spiro atoms. The zero-order chi connectivity index (χ0) is 25.4. The number of pyridine rings is 2. The molecule has 0 saturated carbocycles. The van der Waals surface area contributed by atoms with Crippen LogP contribution in [-0.4, -0.2) is 49.6 Å². The number of fused-ring (bicyclic) bond motifs is 1. The minimum atomic E-state index is -0.292. The molecule has 1 aromatic carbocycles. The van der Waals surface area contributed by atoms with Gasteiger partial charge in [0.05, 0.1) is 17.2 Å². The zero-order valence-corrected chi connectivity index (χ0v) is 20.3. The summed E-state index contributed by atoms with van der Waals surface area (Å²) in [4.78, 5) is 30.9. The van der Waals surface area contributed by atoms with Crippen molar-refractivity contribution in [1.82, 2.24) is 24.4 Å². The fraction of sp³-hybridized carbons (Fsp3) is 0.296. The summed E-state index contributed by atoms with van der Waals surface area (Å²) in [6, 6.07) is 15.2. The van der Waals surface area contributed by atoms with Crippen molar-refractivity contribution in [2.45, 2.75) is 32.0 Å². The molecule has 0 bridgehead atoms. The van der Waals surface area contributed by atoms with Gasteiger partial charge in [-0.05, 0) is 49.7 Å². The van der Waals surface area contributed by atoms with E-state index in [1.807, 2.05) is 0 Å². The summed E-state index contributed by atoms with van der Waals surface area (Å²) in [5.74, 6) is 0.357. The predicted octanol–water partition coefficient (Wildman–Crippen LogP) is 3.42. The Morgan fingerprint density at radius 2 is 1.78 bits per heavy atom. The van der Waals surface area contributed by atoms with Crippen LogP contribution in [0.25, 0.3) is 11.0 Å². The van der Waals surface area contributed by atoms with Crippen LogP contribution in [0.4, 0.5) is 10.1 Å². The standard InChI is InChI=1S/C27H26FN7O/c1-17-16-35(26(27-30-11-4-12-31-27)19-5-7-20(28)8-6-19)18(2)15-34(17)23-13-24(36)33(3)22-10-9-21(14-29)32-25(22)23/h4-13,17-18,26H,15-16H2,1-3H3/t17-,18-,26?/m0/s1. The Balaban J connectivity index is 1.55. The number of nitriles is 1. The molecule has 0 amide bonds. The van der Waals surface area contributed by atoms with Gasteiger partial charge >= 0.3 is 0 Å². The molecule has 4 aromatic rings. The first-order chi connectivity index (χ1) is 17.4. The zero-order valence-electron chi connectivity index (χ0n) is 20.3. The van der Waals surface area contributed by atoms with Gasteiger partial charge in [-0.25, -0.2) is 19.3 Å². The quantitative estimate of drug-likeness (QED) is 0.439. The largest absolute Gasteiger partial charge is 0.364 e. The van der Waals surface area contributed by atoms with E-state index in [0.717, 1.165) is 11.3 Å². The van der Waals surface area contributed by atoms with Crippen LogP contribution >= 0.6 is 0 Å². The van der Waals surface area contributed by atoms with Crippen LogP contribution < -0.4 is 10.5 Å². The van der Waals surface area contributed by atoms with E-state index in [-0.39, 0.29) is 29.5 Å². The first kappa shape index (κ1) is 23.6. The van der Waals surface area contributed by atoms with Crippen LogP contribution in [0.1, 0.15) is 37.0 Å². The van der Waals surface area contributed by atoms with Gasteiger partial charge in [0.15, 0.2) is 0 Å². The minimum absolute atomic E-state index is 0.00992. The molecule has 8 nitrogen and oxygen atoms in total. The van der Waals surface area contributed by atoms with Crippen molar-refractivity contribution in [2.24, 2.45) is 7.05 Å². The Kier molecular flexibility index (Phi) is 6.20. The van der Waals surface area contributed by atoms with E-state index in [9.17, 15) is 14.4 Å². The second-order valence-corrected chi connectivity index (χ2v) is 9.21. The summed E-state index contributed by atoms with van der Waals surface area (Å²) in [7, 11) is 1.71. The van der Waals surface area contributed by atoms with Gasteiger partial charge < -0.3 is 9.47 Å². The van der Waals surface area contributed by atoms with Gasteiger partial charge in [0, 0.05) is 50.7 Å². The van der Waals surface area contributed by atoms with Crippen LogP contribution in [0.2, 0.25) is 0 Å². The number of aryl methyl sites for hydroxylation is 1. The third kappa shape index (κ3) is 4.20. The number of anilines is 1. The Hall–Kier alpha value is -4.16. The average Bonchev–Trinajstić information content (AvgIpc) is 2.89. The molecule has 9 heteroatoms. The van der Waals surface area contributed by atoms with Crippen molar-refractivity contribution in [2.75, 3.05) is 18.0 Å². The maximum Gasteiger partial charge on any atom is 0.252 e. The number of aromatic nitrogens is 4. The van der Waals surface area contributed by atoms with Crippen molar-refractivity contribution in [1.29, 1.82) is 5.26 Å². The molecule has 1 aliphatic heterocycles. The fourth-order valence-electron chi connectivity index (χ4n) is 5.03. The van der Waals surface area contributed by atoms with Crippen molar-refractivity contribution in [3.05, 3.63) is 94.2 Å². The maximum atomic E-state index is 13.7. The van der Waals surface area contributed by atoms with Crippen molar-refractivity contribution < 1.29 is 4.39 Å². The van der Waals surface area contributed by atoms with Gasteiger partial charge in [0.1, 0.15) is 28.9 Å². The number of halogens is 1. The van der Waals surface area contributed by atoms with Gasteiger partial charge in [-0.2, -0.15) is 5.26 Å². The molecule has 182 valence electrons. The molecule has 36 heavy (non-hydrogen) atoms. The number of hydrogen-bond acceptors (Lipinski definition) is 7. The summed E-state index contributed by atoms with van der Waals surface area (Å²) in [5, 5.41) is 9.41. The highest BCUT2D eigenvalue weighted by Gasteiger charge is 2.37. The van der Waals surface area contributed by atoms with Crippen molar-refractivity contribution >= 4 is 16.7 Å². The highest BCUT2D eigenvalue weighted by Crippen LogP contribution is 2.34. The molecule has 3 atom stereocenters. The van der Waals surface area contributed by atoms with E-state index < -0.39 is 0 Å². The van der Waals surface area contributed by atoms with Crippen molar-refractivity contribution in [3.63, 3.8) is 0 Å². The Morgan fingerprint density at radius 3 is 2.47 bits per heavy atom. The molecule has 5 rings (SSSR count). The first-order valence-electron chi connectivity index (χ1n) is 11.8.